The van der Waals surface area contributed by atoms with E-state index in [1.165, 1.54) is 11.3 Å². The standard InChI is InChI=1S/C13H8FNS2/c14-10-7-9(11-3-1-5-16-11)8-15-13(10)12-4-2-6-17-12/h1-8H. The second-order valence-corrected chi connectivity index (χ2v) is 5.40. The molecule has 0 spiro atoms. The number of thiophene rings is 2. The molecule has 3 heterocycles. The molecule has 0 unspecified atom stereocenters. The molecular formula is C13H8FNS2. The van der Waals surface area contributed by atoms with Gasteiger partial charge in [-0.15, -0.1) is 22.7 Å². The van der Waals surface area contributed by atoms with Crippen molar-refractivity contribution in [2.75, 3.05) is 0 Å². The first-order valence-electron chi connectivity index (χ1n) is 5.08. The molecule has 0 atom stereocenters. The number of halogens is 1. The maximum atomic E-state index is 14.0. The Morgan fingerprint density at radius 1 is 1.00 bits per heavy atom. The lowest BCUT2D eigenvalue weighted by molar-refractivity contribution is 0.627. The lowest BCUT2D eigenvalue weighted by Crippen LogP contribution is -1.88. The predicted octanol–water partition coefficient (Wildman–Crippen LogP) is 4.68. The van der Waals surface area contributed by atoms with E-state index < -0.39 is 0 Å². The lowest BCUT2D eigenvalue weighted by Gasteiger charge is -2.02. The molecule has 3 aromatic heterocycles. The van der Waals surface area contributed by atoms with Crippen LogP contribution in [-0.2, 0) is 0 Å². The van der Waals surface area contributed by atoms with Gasteiger partial charge in [0.1, 0.15) is 5.69 Å². The number of nitrogens with zero attached hydrogens (tertiary/aromatic N) is 1. The van der Waals surface area contributed by atoms with E-state index in [4.69, 9.17) is 0 Å². The van der Waals surface area contributed by atoms with Gasteiger partial charge in [0, 0.05) is 16.6 Å². The molecule has 0 radical (unpaired) electrons. The first-order chi connectivity index (χ1) is 8.34. The maximum absolute atomic E-state index is 14.0. The van der Waals surface area contributed by atoms with Crippen LogP contribution in [0.1, 0.15) is 0 Å². The number of hydrogen-bond acceptors (Lipinski definition) is 3. The number of rotatable bonds is 2. The molecule has 3 rings (SSSR count). The summed E-state index contributed by atoms with van der Waals surface area (Å²) in [5.74, 6) is -0.265. The third-order valence-electron chi connectivity index (χ3n) is 2.40. The highest BCUT2D eigenvalue weighted by Gasteiger charge is 2.09. The topological polar surface area (TPSA) is 12.9 Å². The van der Waals surface area contributed by atoms with Gasteiger partial charge in [-0.1, -0.05) is 12.1 Å². The van der Waals surface area contributed by atoms with Gasteiger partial charge in [-0.2, -0.15) is 0 Å². The molecule has 0 fully saturated rings. The van der Waals surface area contributed by atoms with Crippen molar-refractivity contribution in [3.63, 3.8) is 0 Å². The maximum Gasteiger partial charge on any atom is 0.150 e. The van der Waals surface area contributed by atoms with Gasteiger partial charge >= 0.3 is 0 Å². The van der Waals surface area contributed by atoms with Crippen LogP contribution in [0.3, 0.4) is 0 Å². The summed E-state index contributed by atoms with van der Waals surface area (Å²) in [6.45, 7) is 0. The summed E-state index contributed by atoms with van der Waals surface area (Å²) in [6, 6.07) is 9.24. The van der Waals surface area contributed by atoms with Crippen LogP contribution in [-0.4, -0.2) is 4.98 Å². The summed E-state index contributed by atoms with van der Waals surface area (Å²) >= 11 is 3.08. The molecule has 0 amide bonds. The van der Waals surface area contributed by atoms with Crippen LogP contribution in [0, 0.1) is 5.82 Å². The minimum absolute atomic E-state index is 0.265. The molecule has 0 saturated heterocycles. The first kappa shape index (κ1) is 10.6. The van der Waals surface area contributed by atoms with Crippen LogP contribution in [0.25, 0.3) is 21.0 Å². The van der Waals surface area contributed by atoms with Gasteiger partial charge in [0.15, 0.2) is 5.82 Å². The third kappa shape index (κ3) is 2.01. The van der Waals surface area contributed by atoms with E-state index in [-0.39, 0.29) is 5.82 Å². The van der Waals surface area contributed by atoms with Crippen molar-refractivity contribution < 1.29 is 4.39 Å². The molecule has 4 heteroatoms. The van der Waals surface area contributed by atoms with E-state index in [2.05, 4.69) is 4.98 Å². The number of pyridine rings is 1. The van der Waals surface area contributed by atoms with Crippen LogP contribution in [0.4, 0.5) is 4.39 Å². The summed E-state index contributed by atoms with van der Waals surface area (Å²) in [7, 11) is 0. The molecule has 84 valence electrons. The van der Waals surface area contributed by atoms with Crippen molar-refractivity contribution in [3.05, 3.63) is 53.1 Å². The SMILES string of the molecule is Fc1cc(-c2cccs2)cnc1-c1cccs1. The van der Waals surface area contributed by atoms with E-state index in [9.17, 15) is 4.39 Å². The molecule has 0 aliphatic rings. The monoisotopic (exact) mass is 261 g/mol. The zero-order valence-corrected chi connectivity index (χ0v) is 10.4. The Hall–Kier alpha value is -1.52. The zero-order valence-electron chi connectivity index (χ0n) is 8.76. The van der Waals surface area contributed by atoms with Crippen LogP contribution >= 0.6 is 22.7 Å². The van der Waals surface area contributed by atoms with Crippen LogP contribution in [0.2, 0.25) is 0 Å². The summed E-state index contributed by atoms with van der Waals surface area (Å²) in [5, 5.41) is 3.89. The normalized spacial score (nSPS) is 10.6. The van der Waals surface area contributed by atoms with E-state index in [1.807, 2.05) is 35.0 Å². The van der Waals surface area contributed by atoms with E-state index in [0.29, 0.717) is 5.69 Å². The Bertz CT molecular complexity index is 615. The Morgan fingerprint density at radius 3 is 2.29 bits per heavy atom. The Morgan fingerprint density at radius 2 is 1.71 bits per heavy atom. The molecule has 0 saturated carbocycles. The average Bonchev–Trinajstić information content (AvgIpc) is 3.02. The molecular weight excluding hydrogens is 253 g/mol. The van der Waals surface area contributed by atoms with Gasteiger partial charge in [0.2, 0.25) is 0 Å². The molecule has 17 heavy (non-hydrogen) atoms. The van der Waals surface area contributed by atoms with Gasteiger partial charge in [-0.05, 0) is 29.0 Å². The highest BCUT2D eigenvalue weighted by atomic mass is 32.1. The van der Waals surface area contributed by atoms with Crippen molar-refractivity contribution >= 4 is 22.7 Å². The van der Waals surface area contributed by atoms with E-state index >= 15 is 0 Å². The zero-order chi connectivity index (χ0) is 11.7. The Labute approximate surface area is 106 Å². The van der Waals surface area contributed by atoms with E-state index in [1.54, 1.807) is 23.6 Å². The van der Waals surface area contributed by atoms with Gasteiger partial charge in [-0.3, -0.25) is 4.98 Å². The molecule has 1 nitrogen and oxygen atoms in total. The summed E-state index contributed by atoms with van der Waals surface area (Å²) in [6.07, 6.45) is 1.73. The highest BCUT2D eigenvalue weighted by molar-refractivity contribution is 7.13. The van der Waals surface area contributed by atoms with Gasteiger partial charge in [-0.25, -0.2) is 4.39 Å². The second-order valence-electron chi connectivity index (χ2n) is 3.51. The highest BCUT2D eigenvalue weighted by Crippen LogP contribution is 2.30. The Balaban J connectivity index is 2.06. The van der Waals surface area contributed by atoms with Crippen molar-refractivity contribution in [1.29, 1.82) is 0 Å². The molecule has 0 N–H and O–H groups in total. The fraction of sp³-hybridized carbons (Fsp3) is 0. The predicted molar refractivity (Wildman–Crippen MR) is 70.8 cm³/mol. The first-order valence-corrected chi connectivity index (χ1v) is 6.84. The Kier molecular flexibility index (Phi) is 2.74. The van der Waals surface area contributed by atoms with Crippen LogP contribution in [0.15, 0.2) is 47.3 Å². The summed E-state index contributed by atoms with van der Waals surface area (Å²) in [4.78, 5) is 6.12. The number of hydrogen-bond donors (Lipinski definition) is 0. The fourth-order valence-corrected chi connectivity index (χ4v) is 3.04. The minimum Gasteiger partial charge on any atom is -0.252 e. The van der Waals surface area contributed by atoms with Crippen molar-refractivity contribution in [3.8, 4) is 21.0 Å². The van der Waals surface area contributed by atoms with Gasteiger partial charge < -0.3 is 0 Å². The van der Waals surface area contributed by atoms with Crippen LogP contribution < -0.4 is 0 Å². The molecule has 3 aromatic rings. The largest absolute Gasteiger partial charge is 0.252 e. The van der Waals surface area contributed by atoms with Crippen molar-refractivity contribution in [2.45, 2.75) is 0 Å². The smallest absolute Gasteiger partial charge is 0.150 e. The van der Waals surface area contributed by atoms with Gasteiger partial charge in [0.25, 0.3) is 0 Å². The van der Waals surface area contributed by atoms with Crippen molar-refractivity contribution in [1.82, 2.24) is 4.98 Å². The minimum atomic E-state index is -0.265. The lowest BCUT2D eigenvalue weighted by atomic mass is 10.2. The summed E-state index contributed by atoms with van der Waals surface area (Å²) in [5.41, 5.74) is 1.26. The second kappa shape index (κ2) is 4.39. The average molecular weight is 261 g/mol. The molecule has 0 bridgehead atoms. The molecule has 0 aromatic carbocycles. The van der Waals surface area contributed by atoms with E-state index in [0.717, 1.165) is 15.3 Å². The molecule has 0 aliphatic heterocycles. The van der Waals surface area contributed by atoms with Crippen LogP contribution in [0.5, 0.6) is 0 Å². The quantitative estimate of drug-likeness (QED) is 0.653. The van der Waals surface area contributed by atoms with Crippen molar-refractivity contribution in [2.24, 2.45) is 0 Å². The number of aromatic nitrogens is 1. The third-order valence-corrected chi connectivity index (χ3v) is 4.20. The van der Waals surface area contributed by atoms with Gasteiger partial charge in [0.05, 0.1) is 4.88 Å². The molecule has 0 aliphatic carbocycles. The summed E-state index contributed by atoms with van der Waals surface area (Å²) < 4.78 is 14.0. The fourth-order valence-electron chi connectivity index (χ4n) is 1.61.